The Morgan fingerprint density at radius 2 is 2.20 bits per heavy atom. The van der Waals surface area contributed by atoms with Crippen LogP contribution in [0, 0.1) is 18.3 Å². The highest BCUT2D eigenvalue weighted by atomic mass is 32.2. The fraction of sp³-hybridized carbons (Fsp3) is 0.231. The van der Waals surface area contributed by atoms with E-state index in [1.54, 1.807) is 18.3 Å². The summed E-state index contributed by atoms with van der Waals surface area (Å²) in [6.07, 6.45) is 1.68. The number of rotatable bonds is 4. The van der Waals surface area contributed by atoms with E-state index in [1.165, 1.54) is 34.8 Å². The molecule has 1 heterocycles. The Labute approximate surface area is 122 Å². The number of hydrogen-bond donors (Lipinski definition) is 0. The van der Waals surface area contributed by atoms with Crippen molar-refractivity contribution in [2.24, 2.45) is 0 Å². The van der Waals surface area contributed by atoms with Crippen LogP contribution in [0.15, 0.2) is 35.4 Å². The third-order valence-corrected chi connectivity index (χ3v) is 5.42. The zero-order chi connectivity index (χ0) is 14.8. The molecule has 104 valence electrons. The first-order valence-corrected chi connectivity index (χ1v) is 8.07. The number of nitriles is 1. The molecule has 2 aromatic rings. The zero-order valence-electron chi connectivity index (χ0n) is 11.1. The van der Waals surface area contributed by atoms with Crippen LogP contribution < -0.4 is 0 Å². The highest BCUT2D eigenvalue weighted by molar-refractivity contribution is 7.89. The lowest BCUT2D eigenvalue weighted by atomic mass is 10.2. The third-order valence-electron chi connectivity index (χ3n) is 2.72. The summed E-state index contributed by atoms with van der Waals surface area (Å²) >= 11 is 1.47. The van der Waals surface area contributed by atoms with Crippen LogP contribution in [0.3, 0.4) is 0 Å². The van der Waals surface area contributed by atoms with Crippen molar-refractivity contribution in [1.82, 2.24) is 9.29 Å². The Balaban J connectivity index is 2.27. The highest BCUT2D eigenvalue weighted by Gasteiger charge is 2.21. The molecule has 0 saturated carbocycles. The minimum Gasteiger partial charge on any atom is -0.250 e. The maximum atomic E-state index is 12.4. The molecule has 0 aliphatic rings. The van der Waals surface area contributed by atoms with Gasteiger partial charge in [-0.05, 0) is 25.1 Å². The van der Waals surface area contributed by atoms with Crippen molar-refractivity contribution < 1.29 is 8.42 Å². The fourth-order valence-electron chi connectivity index (χ4n) is 1.69. The first kappa shape index (κ1) is 14.7. The summed E-state index contributed by atoms with van der Waals surface area (Å²) in [6, 6.07) is 7.95. The average molecular weight is 307 g/mol. The number of thiazole rings is 1. The molecule has 0 aliphatic carbocycles. The zero-order valence-corrected chi connectivity index (χ0v) is 12.7. The number of nitrogens with zero attached hydrogens (tertiary/aromatic N) is 3. The van der Waals surface area contributed by atoms with E-state index in [4.69, 9.17) is 5.26 Å². The van der Waals surface area contributed by atoms with Crippen LogP contribution in [0.5, 0.6) is 0 Å². The molecule has 0 amide bonds. The molecule has 0 fully saturated rings. The predicted molar refractivity (Wildman–Crippen MR) is 76.7 cm³/mol. The van der Waals surface area contributed by atoms with E-state index >= 15 is 0 Å². The molecule has 20 heavy (non-hydrogen) atoms. The van der Waals surface area contributed by atoms with Gasteiger partial charge in [0.05, 0.1) is 21.5 Å². The van der Waals surface area contributed by atoms with Crippen LogP contribution in [0.2, 0.25) is 0 Å². The van der Waals surface area contributed by atoms with E-state index in [2.05, 4.69) is 4.98 Å². The van der Waals surface area contributed by atoms with Crippen molar-refractivity contribution >= 4 is 21.4 Å². The molecule has 2 rings (SSSR count). The van der Waals surface area contributed by atoms with Crippen LogP contribution in [0.1, 0.15) is 15.4 Å². The molecule has 0 N–H and O–H groups in total. The quantitative estimate of drug-likeness (QED) is 0.867. The lowest BCUT2D eigenvalue weighted by Crippen LogP contribution is -2.26. The molecule has 0 bridgehead atoms. The smallest absolute Gasteiger partial charge is 0.243 e. The van der Waals surface area contributed by atoms with E-state index in [1.807, 2.05) is 13.0 Å². The Morgan fingerprint density at radius 3 is 2.80 bits per heavy atom. The molecule has 0 atom stereocenters. The first-order valence-electron chi connectivity index (χ1n) is 5.81. The maximum absolute atomic E-state index is 12.4. The van der Waals surface area contributed by atoms with Gasteiger partial charge in [0.2, 0.25) is 10.0 Å². The molecule has 0 aliphatic heterocycles. The predicted octanol–water partition coefficient (Wildman–Crippen LogP) is 2.14. The van der Waals surface area contributed by atoms with Gasteiger partial charge in [-0.3, -0.25) is 0 Å². The van der Waals surface area contributed by atoms with Crippen molar-refractivity contribution in [2.45, 2.75) is 18.4 Å². The van der Waals surface area contributed by atoms with Crippen LogP contribution in [0.25, 0.3) is 0 Å². The molecular formula is C13H13N3O2S2. The van der Waals surface area contributed by atoms with Crippen molar-refractivity contribution in [3.63, 3.8) is 0 Å². The number of hydrogen-bond acceptors (Lipinski definition) is 5. The van der Waals surface area contributed by atoms with E-state index in [9.17, 15) is 8.42 Å². The lowest BCUT2D eigenvalue weighted by molar-refractivity contribution is 0.469. The minimum atomic E-state index is -3.60. The van der Waals surface area contributed by atoms with Gasteiger partial charge >= 0.3 is 0 Å². The van der Waals surface area contributed by atoms with Gasteiger partial charge in [0.1, 0.15) is 0 Å². The molecule has 0 unspecified atom stereocenters. The summed E-state index contributed by atoms with van der Waals surface area (Å²) in [5, 5.41) is 9.74. The normalized spacial score (nSPS) is 11.5. The summed E-state index contributed by atoms with van der Waals surface area (Å²) in [4.78, 5) is 5.11. The molecule has 0 radical (unpaired) electrons. The van der Waals surface area contributed by atoms with E-state index in [0.29, 0.717) is 5.56 Å². The number of benzene rings is 1. The second-order valence-electron chi connectivity index (χ2n) is 4.25. The highest BCUT2D eigenvalue weighted by Crippen LogP contribution is 2.20. The minimum absolute atomic E-state index is 0.125. The summed E-state index contributed by atoms with van der Waals surface area (Å²) in [5.74, 6) is 0. The van der Waals surface area contributed by atoms with E-state index in [-0.39, 0.29) is 11.4 Å². The Bertz CT molecular complexity index is 760. The second kappa shape index (κ2) is 5.71. The van der Waals surface area contributed by atoms with Crippen molar-refractivity contribution in [3.05, 3.63) is 45.9 Å². The van der Waals surface area contributed by atoms with E-state index < -0.39 is 10.0 Å². The molecule has 0 saturated heterocycles. The van der Waals surface area contributed by atoms with Crippen LogP contribution in [0.4, 0.5) is 0 Å². The monoisotopic (exact) mass is 307 g/mol. The van der Waals surface area contributed by atoms with Crippen molar-refractivity contribution in [3.8, 4) is 6.07 Å². The maximum Gasteiger partial charge on any atom is 0.243 e. The van der Waals surface area contributed by atoms with Gasteiger partial charge in [-0.2, -0.15) is 9.57 Å². The summed E-state index contributed by atoms with van der Waals surface area (Å²) < 4.78 is 26.1. The summed E-state index contributed by atoms with van der Waals surface area (Å²) in [7, 11) is -2.08. The standard InChI is InChI=1S/C13H13N3O2S2/c1-10-15-8-12(19-10)9-16(2)20(17,18)13-5-3-4-11(6-13)7-14/h3-6,8H,9H2,1-2H3. The molecule has 0 spiro atoms. The van der Waals surface area contributed by atoms with Gasteiger partial charge in [0, 0.05) is 24.7 Å². The van der Waals surface area contributed by atoms with Gasteiger partial charge in [-0.15, -0.1) is 11.3 Å². The van der Waals surface area contributed by atoms with Crippen molar-refractivity contribution in [1.29, 1.82) is 5.26 Å². The van der Waals surface area contributed by atoms with Gasteiger partial charge < -0.3 is 0 Å². The third kappa shape index (κ3) is 3.04. The SMILES string of the molecule is Cc1ncc(CN(C)S(=O)(=O)c2cccc(C#N)c2)s1. The van der Waals surface area contributed by atoms with Crippen LogP contribution >= 0.6 is 11.3 Å². The Morgan fingerprint density at radius 1 is 1.45 bits per heavy atom. The first-order chi connectivity index (χ1) is 9.43. The molecule has 1 aromatic carbocycles. The molecule has 7 heteroatoms. The number of sulfonamides is 1. The van der Waals surface area contributed by atoms with Gasteiger partial charge in [-0.1, -0.05) is 6.07 Å². The molecule has 1 aromatic heterocycles. The summed E-state index contributed by atoms with van der Waals surface area (Å²) in [5.41, 5.74) is 0.327. The van der Waals surface area contributed by atoms with Gasteiger partial charge in [0.15, 0.2) is 0 Å². The fourth-order valence-corrected chi connectivity index (χ4v) is 3.81. The largest absolute Gasteiger partial charge is 0.250 e. The molecular weight excluding hydrogens is 294 g/mol. The Kier molecular flexibility index (Phi) is 4.18. The average Bonchev–Trinajstić information content (AvgIpc) is 2.84. The lowest BCUT2D eigenvalue weighted by Gasteiger charge is -2.16. The van der Waals surface area contributed by atoms with Crippen molar-refractivity contribution in [2.75, 3.05) is 7.05 Å². The van der Waals surface area contributed by atoms with E-state index in [0.717, 1.165) is 9.88 Å². The number of aromatic nitrogens is 1. The van der Waals surface area contributed by atoms with Crippen LogP contribution in [-0.4, -0.2) is 24.8 Å². The number of aryl methyl sites for hydroxylation is 1. The van der Waals surface area contributed by atoms with Gasteiger partial charge in [0.25, 0.3) is 0 Å². The summed E-state index contributed by atoms with van der Waals surface area (Å²) in [6.45, 7) is 2.14. The topological polar surface area (TPSA) is 74.1 Å². The van der Waals surface area contributed by atoms with Crippen LogP contribution in [-0.2, 0) is 16.6 Å². The van der Waals surface area contributed by atoms with Gasteiger partial charge in [-0.25, -0.2) is 13.4 Å². The second-order valence-corrected chi connectivity index (χ2v) is 7.61. The Hall–Kier alpha value is -1.75. The molecule has 5 nitrogen and oxygen atoms in total.